The Labute approximate surface area is 114 Å². The number of rotatable bonds is 3. The van der Waals surface area contributed by atoms with Crippen molar-refractivity contribution >= 4 is 31.6 Å². The lowest BCUT2D eigenvalue weighted by atomic mass is 10.4. The van der Waals surface area contributed by atoms with Crippen LogP contribution in [0, 0.1) is 0 Å². The summed E-state index contributed by atoms with van der Waals surface area (Å²) in [6.45, 7) is 0. The summed E-state index contributed by atoms with van der Waals surface area (Å²) in [5.74, 6) is 0. The molecule has 0 bridgehead atoms. The fraction of sp³-hybridized carbons (Fsp3) is 0.0833. The van der Waals surface area contributed by atoms with E-state index in [9.17, 15) is 8.42 Å². The lowest BCUT2D eigenvalue weighted by Crippen LogP contribution is -2.26. The van der Waals surface area contributed by atoms with Gasteiger partial charge in [0.05, 0.1) is 10.6 Å². The average molecular weight is 327 g/mol. The third-order valence-corrected chi connectivity index (χ3v) is 4.83. The summed E-state index contributed by atoms with van der Waals surface area (Å²) in [7, 11) is -2.00. The van der Waals surface area contributed by atoms with Crippen LogP contribution in [-0.2, 0) is 10.0 Å². The molecule has 94 valence electrons. The molecule has 1 aromatic heterocycles. The van der Waals surface area contributed by atoms with Gasteiger partial charge in [-0.25, -0.2) is 8.42 Å². The monoisotopic (exact) mass is 326 g/mol. The number of pyridine rings is 1. The largest absolute Gasteiger partial charge is 0.269 e. The Bertz CT molecular complexity index is 627. The van der Waals surface area contributed by atoms with Crippen LogP contribution in [0.3, 0.4) is 0 Å². The smallest absolute Gasteiger partial charge is 0.264 e. The second kappa shape index (κ2) is 5.07. The van der Waals surface area contributed by atoms with Gasteiger partial charge in [-0.2, -0.15) is 0 Å². The van der Waals surface area contributed by atoms with Crippen molar-refractivity contribution in [3.05, 3.63) is 53.3 Å². The molecule has 0 N–H and O–H groups in total. The Kier molecular flexibility index (Phi) is 3.68. The van der Waals surface area contributed by atoms with Gasteiger partial charge >= 0.3 is 0 Å². The van der Waals surface area contributed by atoms with Gasteiger partial charge < -0.3 is 0 Å². The van der Waals surface area contributed by atoms with Crippen LogP contribution in [0.4, 0.5) is 5.69 Å². The van der Waals surface area contributed by atoms with Gasteiger partial charge in [-0.15, -0.1) is 0 Å². The maximum absolute atomic E-state index is 12.3. The van der Waals surface area contributed by atoms with Crippen molar-refractivity contribution in [2.24, 2.45) is 0 Å². The topological polar surface area (TPSA) is 50.3 Å². The summed E-state index contributed by atoms with van der Waals surface area (Å²) in [6.07, 6.45) is 3.12. The molecule has 2 rings (SSSR count). The highest BCUT2D eigenvalue weighted by molar-refractivity contribution is 9.10. The number of hydrogen-bond acceptors (Lipinski definition) is 3. The first-order valence-electron chi connectivity index (χ1n) is 5.16. The second-order valence-electron chi connectivity index (χ2n) is 3.63. The van der Waals surface area contributed by atoms with Crippen LogP contribution in [-0.4, -0.2) is 20.4 Å². The highest BCUT2D eigenvalue weighted by Crippen LogP contribution is 2.22. The number of anilines is 1. The van der Waals surface area contributed by atoms with E-state index in [1.54, 1.807) is 48.8 Å². The first kappa shape index (κ1) is 13.0. The van der Waals surface area contributed by atoms with Gasteiger partial charge in [-0.05, 0) is 36.4 Å². The molecule has 4 nitrogen and oxygen atoms in total. The van der Waals surface area contributed by atoms with E-state index in [2.05, 4.69) is 20.9 Å². The van der Waals surface area contributed by atoms with Crippen LogP contribution in [0.5, 0.6) is 0 Å². The number of halogens is 1. The molecule has 0 fully saturated rings. The summed E-state index contributed by atoms with van der Waals surface area (Å²) < 4.78 is 26.7. The Hall–Kier alpha value is -1.40. The quantitative estimate of drug-likeness (QED) is 0.871. The molecule has 0 unspecified atom stereocenters. The maximum atomic E-state index is 12.3. The van der Waals surface area contributed by atoms with Crippen LogP contribution in [0.15, 0.2) is 58.2 Å². The minimum absolute atomic E-state index is 0.255. The fourth-order valence-electron chi connectivity index (χ4n) is 1.46. The Morgan fingerprint density at radius 1 is 1.06 bits per heavy atom. The van der Waals surface area contributed by atoms with Crippen molar-refractivity contribution in [2.45, 2.75) is 4.90 Å². The third kappa shape index (κ3) is 2.54. The van der Waals surface area contributed by atoms with Crippen LogP contribution in [0.2, 0.25) is 0 Å². The van der Waals surface area contributed by atoms with Crippen molar-refractivity contribution < 1.29 is 8.42 Å². The van der Waals surface area contributed by atoms with Crippen LogP contribution in [0.1, 0.15) is 0 Å². The van der Waals surface area contributed by atoms with Crippen LogP contribution < -0.4 is 4.31 Å². The molecule has 6 heteroatoms. The zero-order valence-electron chi connectivity index (χ0n) is 9.62. The van der Waals surface area contributed by atoms with E-state index in [0.717, 1.165) is 4.47 Å². The first-order valence-corrected chi connectivity index (χ1v) is 7.39. The van der Waals surface area contributed by atoms with E-state index < -0.39 is 10.0 Å². The number of aromatic nitrogens is 1. The summed E-state index contributed by atoms with van der Waals surface area (Å²) >= 11 is 3.28. The van der Waals surface area contributed by atoms with Crippen molar-refractivity contribution in [3.8, 4) is 0 Å². The zero-order valence-corrected chi connectivity index (χ0v) is 12.0. The molecule has 0 saturated carbocycles. The normalized spacial score (nSPS) is 11.2. The molecule has 2 aromatic rings. The fourth-order valence-corrected chi connectivity index (χ4v) is 2.92. The van der Waals surface area contributed by atoms with E-state index in [4.69, 9.17) is 0 Å². The summed E-state index contributed by atoms with van der Waals surface area (Å²) in [5, 5.41) is 0. The van der Waals surface area contributed by atoms with Gasteiger partial charge in [0.15, 0.2) is 0 Å². The number of benzene rings is 1. The SMILES string of the molecule is CN(c1ccncc1)S(=O)(=O)c1ccc(Br)cc1. The summed E-state index contributed by atoms with van der Waals surface area (Å²) in [4.78, 5) is 4.12. The number of hydrogen-bond donors (Lipinski definition) is 0. The van der Waals surface area contributed by atoms with Gasteiger partial charge in [-0.3, -0.25) is 9.29 Å². The minimum Gasteiger partial charge on any atom is -0.269 e. The van der Waals surface area contributed by atoms with E-state index >= 15 is 0 Å². The molecule has 0 atom stereocenters. The van der Waals surface area contributed by atoms with E-state index in [-0.39, 0.29) is 4.90 Å². The molecule has 1 heterocycles. The van der Waals surface area contributed by atoms with Gasteiger partial charge in [0, 0.05) is 23.9 Å². The van der Waals surface area contributed by atoms with E-state index in [0.29, 0.717) is 5.69 Å². The predicted molar refractivity (Wildman–Crippen MR) is 74.0 cm³/mol. The van der Waals surface area contributed by atoms with Crippen molar-refractivity contribution in [3.63, 3.8) is 0 Å². The molecule has 0 aliphatic rings. The summed E-state index contributed by atoms with van der Waals surface area (Å²) in [5.41, 5.74) is 0.577. The molecule has 1 aromatic carbocycles. The summed E-state index contributed by atoms with van der Waals surface area (Å²) in [6, 6.07) is 9.83. The van der Waals surface area contributed by atoms with Gasteiger partial charge in [0.1, 0.15) is 0 Å². The third-order valence-electron chi connectivity index (χ3n) is 2.50. The van der Waals surface area contributed by atoms with Crippen molar-refractivity contribution in [1.82, 2.24) is 4.98 Å². The van der Waals surface area contributed by atoms with Gasteiger partial charge in [-0.1, -0.05) is 15.9 Å². The Morgan fingerprint density at radius 3 is 2.17 bits per heavy atom. The molecule has 0 radical (unpaired) electrons. The van der Waals surface area contributed by atoms with Crippen molar-refractivity contribution in [2.75, 3.05) is 11.4 Å². The Balaban J connectivity index is 2.40. The predicted octanol–water partition coefficient (Wildman–Crippen LogP) is 2.67. The minimum atomic E-state index is -3.52. The molecule has 18 heavy (non-hydrogen) atoms. The zero-order chi connectivity index (χ0) is 13.2. The molecule has 0 aliphatic carbocycles. The highest BCUT2D eigenvalue weighted by Gasteiger charge is 2.20. The van der Waals surface area contributed by atoms with E-state index in [1.165, 1.54) is 11.4 Å². The van der Waals surface area contributed by atoms with Crippen molar-refractivity contribution in [1.29, 1.82) is 0 Å². The van der Waals surface area contributed by atoms with Gasteiger partial charge in [0.2, 0.25) is 0 Å². The maximum Gasteiger partial charge on any atom is 0.264 e. The molecular weight excluding hydrogens is 316 g/mol. The average Bonchev–Trinajstić information content (AvgIpc) is 2.39. The molecule has 0 aliphatic heterocycles. The lowest BCUT2D eigenvalue weighted by Gasteiger charge is -2.19. The standard InChI is InChI=1S/C12H11BrN2O2S/c1-15(11-6-8-14-9-7-11)18(16,17)12-4-2-10(13)3-5-12/h2-9H,1H3. The molecular formula is C12H11BrN2O2S. The lowest BCUT2D eigenvalue weighted by molar-refractivity contribution is 0.594. The highest BCUT2D eigenvalue weighted by atomic mass is 79.9. The second-order valence-corrected chi connectivity index (χ2v) is 6.52. The first-order chi connectivity index (χ1) is 8.51. The van der Waals surface area contributed by atoms with Crippen LogP contribution >= 0.6 is 15.9 Å². The van der Waals surface area contributed by atoms with E-state index in [1.807, 2.05) is 0 Å². The molecule has 0 spiro atoms. The number of nitrogens with zero attached hydrogens (tertiary/aromatic N) is 2. The van der Waals surface area contributed by atoms with Gasteiger partial charge in [0.25, 0.3) is 10.0 Å². The van der Waals surface area contributed by atoms with Crippen LogP contribution in [0.25, 0.3) is 0 Å². The Morgan fingerprint density at radius 2 is 1.61 bits per heavy atom. The molecule has 0 amide bonds. The number of sulfonamides is 1. The molecule has 0 saturated heterocycles.